The second kappa shape index (κ2) is 5.82. The average molecular weight is 346 g/mol. The summed E-state index contributed by atoms with van der Waals surface area (Å²) in [6.07, 6.45) is 3.82. The molecule has 0 aliphatic heterocycles. The second-order valence-electron chi connectivity index (χ2n) is 8.28. The molecular formula is C20H26O5. The Hall–Kier alpha value is -1.91. The minimum absolute atomic E-state index is 0.0108. The van der Waals surface area contributed by atoms with Crippen LogP contribution in [0.3, 0.4) is 0 Å². The van der Waals surface area contributed by atoms with Crippen molar-refractivity contribution in [3.63, 3.8) is 0 Å². The van der Waals surface area contributed by atoms with Crippen LogP contribution in [-0.2, 0) is 19.1 Å². The summed E-state index contributed by atoms with van der Waals surface area (Å²) in [4.78, 5) is 35.7. The van der Waals surface area contributed by atoms with Crippen LogP contribution in [0.25, 0.3) is 0 Å². The maximum atomic E-state index is 12.9. The van der Waals surface area contributed by atoms with Crippen molar-refractivity contribution in [1.82, 2.24) is 0 Å². The van der Waals surface area contributed by atoms with E-state index in [1.165, 1.54) is 5.57 Å². The predicted octanol–water partition coefficient (Wildman–Crippen LogP) is 3.43. The molecule has 0 amide bonds. The molecule has 0 heterocycles. The van der Waals surface area contributed by atoms with Crippen molar-refractivity contribution in [3.8, 4) is 0 Å². The first-order valence-corrected chi connectivity index (χ1v) is 9.00. The number of carbonyl (C=O) groups is 3. The number of fused-ring (bicyclic) bond motifs is 1. The van der Waals surface area contributed by atoms with Gasteiger partial charge in [-0.2, -0.15) is 0 Å². The molecule has 3 rings (SSSR count). The van der Waals surface area contributed by atoms with Gasteiger partial charge in [0.1, 0.15) is 6.10 Å². The smallest absolute Gasteiger partial charge is 0.306 e. The second-order valence-corrected chi connectivity index (χ2v) is 8.28. The van der Waals surface area contributed by atoms with Gasteiger partial charge in [-0.3, -0.25) is 14.4 Å². The highest BCUT2D eigenvalue weighted by Gasteiger charge is 2.59. The molecule has 1 spiro atoms. The zero-order valence-corrected chi connectivity index (χ0v) is 15.3. The molecular weight excluding hydrogens is 320 g/mol. The number of carboxylic acid groups (broad SMARTS) is 1. The van der Waals surface area contributed by atoms with Gasteiger partial charge in [0.2, 0.25) is 0 Å². The normalized spacial score (nSPS) is 28.6. The van der Waals surface area contributed by atoms with Gasteiger partial charge in [-0.05, 0) is 26.2 Å². The number of rotatable bonds is 5. The van der Waals surface area contributed by atoms with E-state index in [1.54, 1.807) is 0 Å². The lowest BCUT2D eigenvalue weighted by atomic mass is 9.70. The molecule has 0 aromatic carbocycles. The van der Waals surface area contributed by atoms with E-state index in [2.05, 4.69) is 6.92 Å². The zero-order chi connectivity index (χ0) is 18.6. The molecule has 0 radical (unpaired) electrons. The van der Waals surface area contributed by atoms with Crippen molar-refractivity contribution in [2.45, 2.75) is 65.9 Å². The number of hydrogen-bond acceptors (Lipinski definition) is 4. The summed E-state index contributed by atoms with van der Waals surface area (Å²) in [5.41, 5.74) is 2.33. The van der Waals surface area contributed by atoms with Gasteiger partial charge < -0.3 is 9.84 Å². The van der Waals surface area contributed by atoms with Crippen molar-refractivity contribution in [2.75, 3.05) is 0 Å². The van der Waals surface area contributed by atoms with Crippen molar-refractivity contribution in [2.24, 2.45) is 16.7 Å². The highest BCUT2D eigenvalue weighted by molar-refractivity contribution is 6.05. The van der Waals surface area contributed by atoms with Crippen molar-refractivity contribution in [3.05, 3.63) is 22.8 Å². The quantitative estimate of drug-likeness (QED) is 0.771. The first-order chi connectivity index (χ1) is 11.6. The maximum Gasteiger partial charge on any atom is 0.306 e. The fourth-order valence-electron chi connectivity index (χ4n) is 4.45. The topological polar surface area (TPSA) is 80.7 Å². The third kappa shape index (κ3) is 2.83. The Balaban J connectivity index is 1.85. The molecule has 1 N–H and O–H groups in total. The highest BCUT2D eigenvalue weighted by atomic mass is 16.5. The van der Waals surface area contributed by atoms with Crippen LogP contribution in [0, 0.1) is 16.7 Å². The molecule has 3 aliphatic rings. The third-order valence-corrected chi connectivity index (χ3v) is 6.19. The molecule has 2 atom stereocenters. The fourth-order valence-corrected chi connectivity index (χ4v) is 4.45. The molecule has 1 saturated carbocycles. The van der Waals surface area contributed by atoms with Crippen molar-refractivity contribution >= 4 is 17.7 Å². The van der Waals surface area contributed by atoms with E-state index >= 15 is 0 Å². The molecule has 1 fully saturated rings. The summed E-state index contributed by atoms with van der Waals surface area (Å²) in [5.74, 6) is -1.16. The number of hydrogen-bond donors (Lipinski definition) is 1. The molecule has 5 heteroatoms. The minimum Gasteiger partial charge on any atom is -0.481 e. The van der Waals surface area contributed by atoms with E-state index in [1.807, 2.05) is 26.8 Å². The fraction of sp³-hybridized carbons (Fsp3) is 0.650. The van der Waals surface area contributed by atoms with Crippen molar-refractivity contribution < 1.29 is 24.2 Å². The molecule has 0 saturated heterocycles. The van der Waals surface area contributed by atoms with Crippen LogP contribution < -0.4 is 0 Å². The summed E-state index contributed by atoms with van der Waals surface area (Å²) < 4.78 is 5.76. The predicted molar refractivity (Wildman–Crippen MR) is 91.8 cm³/mol. The lowest BCUT2D eigenvalue weighted by Gasteiger charge is -2.35. The van der Waals surface area contributed by atoms with E-state index in [4.69, 9.17) is 9.84 Å². The Bertz CT molecular complexity index is 706. The number of carbonyl (C=O) groups excluding carboxylic acids is 2. The lowest BCUT2D eigenvalue weighted by Crippen LogP contribution is -2.36. The van der Waals surface area contributed by atoms with Gasteiger partial charge in [0.05, 0.1) is 0 Å². The van der Waals surface area contributed by atoms with Gasteiger partial charge in [-0.1, -0.05) is 32.4 Å². The number of ether oxygens (including phenoxy) is 1. The summed E-state index contributed by atoms with van der Waals surface area (Å²) >= 11 is 0. The number of ketones is 1. The van der Waals surface area contributed by atoms with E-state index < -0.39 is 23.5 Å². The molecule has 0 bridgehead atoms. The zero-order valence-electron chi connectivity index (χ0n) is 15.3. The van der Waals surface area contributed by atoms with Crippen LogP contribution in [0.4, 0.5) is 0 Å². The van der Waals surface area contributed by atoms with Crippen LogP contribution in [0.2, 0.25) is 0 Å². The SMILES string of the molecule is CC1=C2C(=CC(C)(C)C2OC(=O)CCCC(=O)O)C(=O)[C@@H](C)C12CC2. The number of esters is 1. The van der Waals surface area contributed by atoms with E-state index in [0.29, 0.717) is 0 Å². The average Bonchev–Trinajstić information content (AvgIpc) is 3.26. The molecule has 0 aromatic heterocycles. The summed E-state index contributed by atoms with van der Waals surface area (Å²) in [7, 11) is 0. The summed E-state index contributed by atoms with van der Waals surface area (Å²) in [6.45, 7) is 8.04. The Kier molecular flexibility index (Phi) is 4.17. The van der Waals surface area contributed by atoms with Gasteiger partial charge in [0, 0.05) is 40.7 Å². The molecule has 136 valence electrons. The number of aliphatic carboxylic acids is 1. The number of carboxylic acids is 1. The third-order valence-electron chi connectivity index (χ3n) is 6.19. The molecule has 5 nitrogen and oxygen atoms in total. The Morgan fingerprint density at radius 2 is 1.92 bits per heavy atom. The molecule has 0 aromatic rings. The number of Topliss-reactive ketones (excluding diaryl/α,β-unsaturated/α-hetero) is 1. The van der Waals surface area contributed by atoms with Crippen LogP contribution >= 0.6 is 0 Å². The van der Waals surface area contributed by atoms with E-state index in [9.17, 15) is 14.4 Å². The first kappa shape index (κ1) is 17.9. The largest absolute Gasteiger partial charge is 0.481 e. The number of allylic oxidation sites excluding steroid dienone is 1. The molecule has 1 unspecified atom stereocenters. The standard InChI is InChI=1S/C20H26O5/c1-11-16-13(17(24)12(2)20(11)8-9-20)10-19(3,4)18(16)25-15(23)7-5-6-14(21)22/h10,12,18H,5-9H2,1-4H3,(H,21,22)/t12-,18?/m1/s1. The monoisotopic (exact) mass is 346 g/mol. The van der Waals surface area contributed by atoms with Gasteiger partial charge in [0.25, 0.3) is 0 Å². The van der Waals surface area contributed by atoms with Crippen molar-refractivity contribution in [1.29, 1.82) is 0 Å². The Morgan fingerprint density at radius 3 is 2.48 bits per heavy atom. The molecule has 25 heavy (non-hydrogen) atoms. The molecule has 3 aliphatic carbocycles. The van der Waals surface area contributed by atoms with Gasteiger partial charge in [-0.15, -0.1) is 0 Å². The lowest BCUT2D eigenvalue weighted by molar-refractivity contribution is -0.151. The minimum atomic E-state index is -0.918. The summed E-state index contributed by atoms with van der Waals surface area (Å²) in [5, 5.41) is 8.70. The Labute approximate surface area is 148 Å². The van der Waals surface area contributed by atoms with Gasteiger partial charge >= 0.3 is 11.9 Å². The van der Waals surface area contributed by atoms with Crippen LogP contribution in [0.15, 0.2) is 22.8 Å². The van der Waals surface area contributed by atoms with Gasteiger partial charge in [0.15, 0.2) is 5.78 Å². The maximum absolute atomic E-state index is 12.9. The van der Waals surface area contributed by atoms with Crippen LogP contribution in [-0.4, -0.2) is 28.9 Å². The van der Waals surface area contributed by atoms with Crippen LogP contribution in [0.5, 0.6) is 0 Å². The first-order valence-electron chi connectivity index (χ1n) is 9.00. The Morgan fingerprint density at radius 1 is 1.28 bits per heavy atom. The van der Waals surface area contributed by atoms with E-state index in [0.717, 1.165) is 24.0 Å². The van der Waals surface area contributed by atoms with Gasteiger partial charge in [-0.25, -0.2) is 0 Å². The highest BCUT2D eigenvalue weighted by Crippen LogP contribution is 2.64. The summed E-state index contributed by atoms with van der Waals surface area (Å²) in [6, 6.07) is 0. The van der Waals surface area contributed by atoms with E-state index in [-0.39, 0.29) is 36.4 Å². The van der Waals surface area contributed by atoms with Crippen LogP contribution in [0.1, 0.15) is 59.8 Å².